The lowest BCUT2D eigenvalue weighted by molar-refractivity contribution is 0.281. The maximum Gasteiger partial charge on any atom is 0.317 e. The molecule has 266 valence electrons. The Labute approximate surface area is 346 Å². The first-order chi connectivity index (χ1) is 25.6. The number of nitrogens with zero attached hydrogens (tertiary/aromatic N) is 4. The van der Waals surface area contributed by atoms with Crippen molar-refractivity contribution < 1.29 is 4.74 Å². The molecule has 7 aromatic rings. The molecule has 0 spiro atoms. The summed E-state index contributed by atoms with van der Waals surface area (Å²) in [5.41, 5.74) is 7.49. The Balaban J connectivity index is 0.000000188. The van der Waals surface area contributed by atoms with Gasteiger partial charge in [0, 0.05) is 70.9 Å². The Morgan fingerprint density at radius 2 is 0.925 bits per heavy atom. The van der Waals surface area contributed by atoms with Crippen molar-refractivity contribution in [2.75, 3.05) is 6.26 Å². The quantitative estimate of drug-likeness (QED) is 0.112. The first kappa shape index (κ1) is 39.1. The van der Waals surface area contributed by atoms with Crippen molar-refractivity contribution >= 4 is 93.0 Å². The second-order valence-corrected chi connectivity index (χ2v) is 15.0. The lowest BCUT2D eigenvalue weighted by Crippen LogP contribution is -2.01. The van der Waals surface area contributed by atoms with E-state index in [0.29, 0.717) is 52.6 Å². The van der Waals surface area contributed by atoms with Gasteiger partial charge in [-0.1, -0.05) is 141 Å². The molecule has 0 atom stereocenters. The van der Waals surface area contributed by atoms with Gasteiger partial charge in [0.15, 0.2) is 5.16 Å². The number of ether oxygens (including phenoxy) is 1. The predicted octanol–water partition coefficient (Wildman–Crippen LogP) is 14.5. The molecule has 0 unspecified atom stereocenters. The van der Waals surface area contributed by atoms with Gasteiger partial charge in [0.25, 0.3) is 0 Å². The lowest BCUT2D eigenvalue weighted by Gasteiger charge is -2.13. The van der Waals surface area contributed by atoms with Gasteiger partial charge in [-0.05, 0) is 72.5 Å². The van der Waals surface area contributed by atoms with Crippen molar-refractivity contribution in [3.63, 3.8) is 0 Å². The molecule has 2 heterocycles. The molecule has 0 saturated carbocycles. The maximum atomic E-state index is 6.44. The van der Waals surface area contributed by atoms with Crippen LogP contribution in [0.4, 0.5) is 0 Å². The third kappa shape index (κ3) is 10.2. The summed E-state index contributed by atoms with van der Waals surface area (Å²) < 4.78 is 5.81. The van der Waals surface area contributed by atoms with E-state index in [2.05, 4.69) is 19.9 Å². The summed E-state index contributed by atoms with van der Waals surface area (Å²) in [6, 6.07) is 33.3. The van der Waals surface area contributed by atoms with Gasteiger partial charge in [-0.25, -0.2) is 15.0 Å². The van der Waals surface area contributed by atoms with Crippen molar-refractivity contribution in [2.45, 2.75) is 11.8 Å². The Morgan fingerprint density at radius 1 is 0.491 bits per heavy atom. The molecule has 0 fully saturated rings. The van der Waals surface area contributed by atoms with Gasteiger partial charge >= 0.3 is 6.01 Å². The standard InChI is InChI=1S/C23H14Cl4N2O.C17H11Cl3N2S/c24-16-5-1-14(2-6-16)13-30-23-28-12-20(19-10-9-18(26)11-21(19)27)22(29-23)15-3-7-17(25)8-4-15;1-23-17-21-9-14(13-7-6-12(19)8-15(13)20)16(22-17)10-2-4-11(18)5-3-10/h1-12H,13H2;2-9H,1H3. The fourth-order valence-electron chi connectivity index (χ4n) is 5.09. The predicted molar refractivity (Wildman–Crippen MR) is 223 cm³/mol. The summed E-state index contributed by atoms with van der Waals surface area (Å²) in [6.45, 7) is 0.318. The highest BCUT2D eigenvalue weighted by Crippen LogP contribution is 2.38. The van der Waals surface area contributed by atoms with E-state index < -0.39 is 0 Å². The average Bonchev–Trinajstić information content (AvgIpc) is 3.15. The number of benzene rings is 5. The van der Waals surface area contributed by atoms with Gasteiger partial charge < -0.3 is 4.74 Å². The second kappa shape index (κ2) is 18.2. The summed E-state index contributed by atoms with van der Waals surface area (Å²) in [7, 11) is 0. The van der Waals surface area contributed by atoms with Crippen LogP contribution < -0.4 is 4.74 Å². The third-order valence-corrected chi connectivity index (χ3v) is 10.1. The van der Waals surface area contributed by atoms with Crippen LogP contribution in [0.15, 0.2) is 127 Å². The molecular weight excluding hydrogens is 833 g/mol. The average molecular weight is 858 g/mol. The fraction of sp³-hybridized carbons (Fsp3) is 0.0500. The molecule has 13 heteroatoms. The highest BCUT2D eigenvalue weighted by Gasteiger charge is 2.17. The van der Waals surface area contributed by atoms with Crippen LogP contribution in [0.25, 0.3) is 44.8 Å². The first-order valence-corrected chi connectivity index (χ1v) is 19.5. The largest absolute Gasteiger partial charge is 0.459 e. The summed E-state index contributed by atoms with van der Waals surface area (Å²) in [5, 5.41) is 4.91. The number of hydrogen-bond acceptors (Lipinski definition) is 6. The van der Waals surface area contributed by atoms with Gasteiger partial charge in [0.1, 0.15) is 6.61 Å². The third-order valence-electron chi connectivity index (χ3n) is 7.68. The van der Waals surface area contributed by atoms with E-state index in [9.17, 15) is 0 Å². The lowest BCUT2D eigenvalue weighted by atomic mass is 10.0. The van der Waals surface area contributed by atoms with Crippen LogP contribution in [0.1, 0.15) is 5.56 Å². The van der Waals surface area contributed by atoms with Crippen molar-refractivity contribution in [3.05, 3.63) is 162 Å². The molecule has 0 radical (unpaired) electrons. The summed E-state index contributed by atoms with van der Waals surface area (Å²) in [5.74, 6) is 0. The van der Waals surface area contributed by atoms with E-state index in [0.717, 1.165) is 44.6 Å². The van der Waals surface area contributed by atoms with Crippen LogP contribution in [-0.2, 0) is 6.61 Å². The molecule has 7 rings (SSSR count). The summed E-state index contributed by atoms with van der Waals surface area (Å²) in [4.78, 5) is 18.1. The van der Waals surface area contributed by atoms with E-state index in [-0.39, 0.29) is 6.01 Å². The van der Waals surface area contributed by atoms with Crippen LogP contribution in [0.5, 0.6) is 6.01 Å². The minimum absolute atomic E-state index is 0.253. The maximum absolute atomic E-state index is 6.44. The van der Waals surface area contributed by atoms with Crippen molar-refractivity contribution in [1.82, 2.24) is 19.9 Å². The Bertz CT molecular complexity index is 2360. The number of hydrogen-bond donors (Lipinski definition) is 0. The smallest absolute Gasteiger partial charge is 0.317 e. The second-order valence-electron chi connectivity index (χ2n) is 11.2. The van der Waals surface area contributed by atoms with Crippen LogP contribution in [0.3, 0.4) is 0 Å². The Hall–Kier alpha value is -3.56. The topological polar surface area (TPSA) is 60.8 Å². The number of rotatable bonds is 8. The molecule has 0 aliphatic rings. The van der Waals surface area contributed by atoms with E-state index in [1.807, 2.05) is 79.1 Å². The van der Waals surface area contributed by atoms with Crippen LogP contribution in [0, 0.1) is 0 Å². The zero-order valence-corrected chi connectivity index (χ0v) is 33.6. The summed E-state index contributed by atoms with van der Waals surface area (Å²) in [6.07, 6.45) is 5.43. The zero-order chi connectivity index (χ0) is 37.5. The van der Waals surface area contributed by atoms with E-state index in [4.69, 9.17) is 85.9 Å². The Morgan fingerprint density at radius 3 is 1.40 bits per heavy atom. The van der Waals surface area contributed by atoms with Gasteiger partial charge in [0.2, 0.25) is 0 Å². The SMILES string of the molecule is CSc1ncc(-c2ccc(Cl)cc2Cl)c(-c2ccc(Cl)cc2)n1.Clc1ccc(COc2ncc(-c3ccc(Cl)cc3Cl)c(-c3ccc(Cl)cc3)n2)cc1. The summed E-state index contributed by atoms with van der Waals surface area (Å²) >= 11 is 44.3. The van der Waals surface area contributed by atoms with Gasteiger partial charge in [-0.2, -0.15) is 4.98 Å². The molecule has 0 amide bonds. The van der Waals surface area contributed by atoms with Gasteiger partial charge in [-0.15, -0.1) is 0 Å². The monoisotopic (exact) mass is 854 g/mol. The molecule has 0 aliphatic heterocycles. The van der Waals surface area contributed by atoms with Gasteiger partial charge in [-0.3, -0.25) is 0 Å². The van der Waals surface area contributed by atoms with Crippen LogP contribution in [-0.4, -0.2) is 26.2 Å². The number of aromatic nitrogens is 4. The van der Waals surface area contributed by atoms with E-state index in [1.54, 1.807) is 48.8 Å². The number of thioether (sulfide) groups is 1. The molecule has 2 aromatic heterocycles. The van der Waals surface area contributed by atoms with Crippen molar-refractivity contribution in [1.29, 1.82) is 0 Å². The first-order valence-electron chi connectivity index (χ1n) is 15.7. The highest BCUT2D eigenvalue weighted by atomic mass is 35.5. The van der Waals surface area contributed by atoms with Crippen LogP contribution >= 0.6 is 93.0 Å². The minimum Gasteiger partial charge on any atom is -0.459 e. The Kier molecular flexibility index (Phi) is 13.4. The van der Waals surface area contributed by atoms with Crippen molar-refractivity contribution in [3.8, 4) is 50.8 Å². The van der Waals surface area contributed by atoms with Gasteiger partial charge in [0.05, 0.1) is 21.4 Å². The van der Waals surface area contributed by atoms with Crippen LogP contribution in [0.2, 0.25) is 35.2 Å². The molecule has 0 aliphatic carbocycles. The molecule has 0 bridgehead atoms. The number of halogens is 7. The molecule has 53 heavy (non-hydrogen) atoms. The molecule has 0 saturated heterocycles. The van der Waals surface area contributed by atoms with E-state index >= 15 is 0 Å². The molecular formula is C40H25Cl7N4OS. The normalized spacial score (nSPS) is 10.8. The fourth-order valence-corrected chi connectivity index (χ4v) is 6.83. The minimum atomic E-state index is 0.253. The van der Waals surface area contributed by atoms with E-state index in [1.165, 1.54) is 11.8 Å². The van der Waals surface area contributed by atoms with Crippen molar-refractivity contribution in [2.24, 2.45) is 0 Å². The zero-order valence-electron chi connectivity index (χ0n) is 27.5. The molecule has 5 aromatic carbocycles. The highest BCUT2D eigenvalue weighted by molar-refractivity contribution is 7.98. The molecule has 0 N–H and O–H groups in total. The molecule has 5 nitrogen and oxygen atoms in total.